The van der Waals surface area contributed by atoms with Crippen LogP contribution in [0, 0.1) is 6.92 Å². The molecule has 1 aromatic carbocycles. The van der Waals surface area contributed by atoms with Crippen LogP contribution >= 0.6 is 0 Å². The number of ether oxygens (including phenoxy) is 1. The predicted molar refractivity (Wildman–Crippen MR) is 114 cm³/mol. The van der Waals surface area contributed by atoms with E-state index in [-0.39, 0.29) is 11.4 Å². The minimum atomic E-state index is -3.84. The van der Waals surface area contributed by atoms with E-state index in [1.807, 2.05) is 13.0 Å². The molecule has 0 aliphatic carbocycles. The largest absolute Gasteiger partial charge is 0.495 e. The van der Waals surface area contributed by atoms with Crippen LogP contribution in [0.25, 0.3) is 16.6 Å². The molecular formula is C21H23N3O5S. The summed E-state index contributed by atoms with van der Waals surface area (Å²) in [6.45, 7) is 3.25. The topological polar surface area (TPSA) is 111 Å². The van der Waals surface area contributed by atoms with Gasteiger partial charge in [0.15, 0.2) is 0 Å². The van der Waals surface area contributed by atoms with Crippen LogP contribution in [0.5, 0.6) is 5.75 Å². The number of fused-ring (bicyclic) bond motifs is 1. The van der Waals surface area contributed by atoms with Crippen molar-refractivity contribution < 1.29 is 23.1 Å². The Balaban J connectivity index is 0.000000806. The van der Waals surface area contributed by atoms with Crippen LogP contribution in [0.2, 0.25) is 0 Å². The molecule has 2 aromatic heterocycles. The fourth-order valence-electron chi connectivity index (χ4n) is 3.42. The molecule has 3 aromatic rings. The molecule has 0 atom stereocenters. The number of aromatic nitrogens is 2. The molecule has 1 aliphatic rings. The molecule has 9 heteroatoms. The van der Waals surface area contributed by atoms with Gasteiger partial charge >= 0.3 is 0 Å². The number of benzene rings is 1. The predicted octanol–water partition coefficient (Wildman–Crippen LogP) is 2.67. The molecule has 8 nitrogen and oxygen atoms in total. The standard InChI is InChI=1S/C20H21N3O3S.CH2O2/c1-14-5-6-18(26-2)19(12-14)27(24,25)23-13-16(15-7-10-21-11-8-15)20-17(23)4-3-9-22-20;2-1-3/h3-7,9,12-13,21H,8,10-11H2,1-2H3;1H,(H,2,3). The number of carboxylic acid groups (broad SMARTS) is 1. The van der Waals surface area contributed by atoms with Gasteiger partial charge in [0, 0.05) is 24.5 Å². The molecular weight excluding hydrogens is 406 g/mol. The highest BCUT2D eigenvalue weighted by Gasteiger charge is 2.26. The normalized spacial score (nSPS) is 13.9. The average Bonchev–Trinajstić information content (AvgIpc) is 3.15. The fraction of sp³-hybridized carbons (Fsp3) is 0.238. The summed E-state index contributed by atoms with van der Waals surface area (Å²) in [6.07, 6.45) is 6.31. The van der Waals surface area contributed by atoms with E-state index in [2.05, 4.69) is 16.4 Å². The van der Waals surface area contributed by atoms with Gasteiger partial charge < -0.3 is 15.2 Å². The SMILES string of the molecule is COc1ccc(C)cc1S(=O)(=O)n1cc(C2=CCNCC2)c2ncccc21.O=CO. The second kappa shape index (κ2) is 9.10. The van der Waals surface area contributed by atoms with Crippen molar-refractivity contribution in [1.82, 2.24) is 14.3 Å². The molecule has 3 heterocycles. The molecule has 0 spiro atoms. The maximum absolute atomic E-state index is 13.5. The molecule has 4 rings (SSSR count). The third-order valence-electron chi connectivity index (χ3n) is 4.79. The first-order valence-corrected chi connectivity index (χ1v) is 10.7. The van der Waals surface area contributed by atoms with Crippen molar-refractivity contribution in [3.05, 3.63) is 59.9 Å². The number of methoxy groups -OCH3 is 1. The Bertz CT molecular complexity index is 1200. The van der Waals surface area contributed by atoms with Gasteiger partial charge in [-0.3, -0.25) is 9.78 Å². The third kappa shape index (κ3) is 4.07. The first kappa shape index (κ1) is 21.5. The Morgan fingerprint density at radius 1 is 1.30 bits per heavy atom. The second-order valence-corrected chi connectivity index (χ2v) is 8.44. The maximum Gasteiger partial charge on any atom is 0.290 e. The van der Waals surface area contributed by atoms with Crippen LogP contribution in [0.4, 0.5) is 0 Å². The van der Waals surface area contributed by atoms with Crippen molar-refractivity contribution in [3.8, 4) is 5.75 Å². The summed E-state index contributed by atoms with van der Waals surface area (Å²) in [4.78, 5) is 13.0. The lowest BCUT2D eigenvalue weighted by Crippen LogP contribution is -2.20. The minimum Gasteiger partial charge on any atom is -0.495 e. The van der Waals surface area contributed by atoms with Crippen LogP contribution in [0.15, 0.2) is 53.7 Å². The molecule has 0 radical (unpaired) electrons. The monoisotopic (exact) mass is 429 g/mol. The smallest absolute Gasteiger partial charge is 0.290 e. The van der Waals surface area contributed by atoms with Gasteiger partial charge in [-0.2, -0.15) is 0 Å². The van der Waals surface area contributed by atoms with E-state index >= 15 is 0 Å². The summed E-state index contributed by atoms with van der Waals surface area (Å²) in [7, 11) is -2.36. The molecule has 0 saturated heterocycles. The maximum atomic E-state index is 13.5. The summed E-state index contributed by atoms with van der Waals surface area (Å²) in [5, 5.41) is 10.2. The Kier molecular flexibility index (Phi) is 6.53. The number of rotatable bonds is 4. The molecule has 30 heavy (non-hydrogen) atoms. The molecule has 0 fully saturated rings. The van der Waals surface area contributed by atoms with Gasteiger partial charge in [-0.1, -0.05) is 12.1 Å². The van der Waals surface area contributed by atoms with Crippen LogP contribution in [-0.4, -0.2) is 49.2 Å². The summed E-state index contributed by atoms with van der Waals surface area (Å²) >= 11 is 0. The molecule has 1 aliphatic heterocycles. The molecule has 0 amide bonds. The highest BCUT2D eigenvalue weighted by Crippen LogP contribution is 2.33. The fourth-order valence-corrected chi connectivity index (χ4v) is 5.03. The zero-order valence-electron chi connectivity index (χ0n) is 16.7. The lowest BCUT2D eigenvalue weighted by atomic mass is 10.0. The van der Waals surface area contributed by atoms with E-state index in [1.165, 1.54) is 11.1 Å². The van der Waals surface area contributed by atoms with Crippen molar-refractivity contribution in [1.29, 1.82) is 0 Å². The summed E-state index contributed by atoms with van der Waals surface area (Å²) in [5.74, 6) is 0.328. The lowest BCUT2D eigenvalue weighted by molar-refractivity contribution is -0.122. The zero-order chi connectivity index (χ0) is 21.7. The summed E-state index contributed by atoms with van der Waals surface area (Å²) in [5.41, 5.74) is 4.09. The Morgan fingerprint density at radius 3 is 2.73 bits per heavy atom. The first-order chi connectivity index (χ1) is 14.4. The average molecular weight is 429 g/mol. The van der Waals surface area contributed by atoms with Crippen LogP contribution in [0.3, 0.4) is 0 Å². The molecule has 2 N–H and O–H groups in total. The number of aryl methyl sites for hydroxylation is 1. The van der Waals surface area contributed by atoms with Crippen LogP contribution in [-0.2, 0) is 14.8 Å². The van der Waals surface area contributed by atoms with Gasteiger partial charge in [0.25, 0.3) is 16.5 Å². The number of nitrogens with zero attached hydrogens (tertiary/aromatic N) is 2. The zero-order valence-corrected chi connectivity index (χ0v) is 17.5. The van der Waals surface area contributed by atoms with E-state index in [4.69, 9.17) is 14.6 Å². The van der Waals surface area contributed by atoms with Crippen molar-refractivity contribution in [2.24, 2.45) is 0 Å². The van der Waals surface area contributed by atoms with Gasteiger partial charge in [0.1, 0.15) is 10.6 Å². The third-order valence-corrected chi connectivity index (χ3v) is 6.49. The Morgan fingerprint density at radius 2 is 2.07 bits per heavy atom. The molecule has 0 unspecified atom stereocenters. The number of nitrogens with one attached hydrogen (secondary N) is 1. The Labute approximate surface area is 174 Å². The first-order valence-electron chi connectivity index (χ1n) is 9.28. The number of pyridine rings is 1. The summed E-state index contributed by atoms with van der Waals surface area (Å²) < 4.78 is 33.6. The quantitative estimate of drug-likeness (QED) is 0.614. The van der Waals surface area contributed by atoms with E-state index in [0.717, 1.165) is 36.2 Å². The van der Waals surface area contributed by atoms with E-state index in [9.17, 15) is 8.42 Å². The number of hydrogen-bond donors (Lipinski definition) is 2. The van der Waals surface area contributed by atoms with Gasteiger partial charge in [-0.05, 0) is 55.3 Å². The van der Waals surface area contributed by atoms with Gasteiger partial charge in [0.2, 0.25) is 0 Å². The van der Waals surface area contributed by atoms with Gasteiger partial charge in [-0.15, -0.1) is 0 Å². The minimum absolute atomic E-state index is 0.150. The van der Waals surface area contributed by atoms with Gasteiger partial charge in [0.05, 0.1) is 18.1 Å². The summed E-state index contributed by atoms with van der Waals surface area (Å²) in [6, 6.07) is 8.69. The lowest BCUT2D eigenvalue weighted by Gasteiger charge is -2.13. The van der Waals surface area contributed by atoms with Crippen molar-refractivity contribution in [2.75, 3.05) is 20.2 Å². The second-order valence-electron chi connectivity index (χ2n) is 6.66. The van der Waals surface area contributed by atoms with Crippen LogP contribution < -0.4 is 10.1 Å². The highest BCUT2D eigenvalue weighted by atomic mass is 32.2. The Hall–Kier alpha value is -3.17. The van der Waals surface area contributed by atoms with Crippen LogP contribution in [0.1, 0.15) is 17.5 Å². The van der Waals surface area contributed by atoms with Crippen molar-refractivity contribution >= 4 is 33.1 Å². The van der Waals surface area contributed by atoms with Crippen molar-refractivity contribution in [3.63, 3.8) is 0 Å². The van der Waals surface area contributed by atoms with Crippen molar-refractivity contribution in [2.45, 2.75) is 18.2 Å². The number of hydrogen-bond acceptors (Lipinski definition) is 6. The number of carbonyl (C=O) groups is 1. The molecule has 0 saturated carbocycles. The van der Waals surface area contributed by atoms with E-state index in [1.54, 1.807) is 36.7 Å². The van der Waals surface area contributed by atoms with E-state index in [0.29, 0.717) is 16.8 Å². The molecule has 158 valence electrons. The van der Waals surface area contributed by atoms with Gasteiger partial charge in [-0.25, -0.2) is 12.4 Å². The molecule has 0 bridgehead atoms. The van der Waals surface area contributed by atoms with E-state index < -0.39 is 10.0 Å². The highest BCUT2D eigenvalue weighted by molar-refractivity contribution is 7.90.